The van der Waals surface area contributed by atoms with E-state index >= 15 is 0 Å². The number of fused-ring (bicyclic) bond motifs is 1. The van der Waals surface area contributed by atoms with Gasteiger partial charge in [0.1, 0.15) is 13.2 Å². The van der Waals surface area contributed by atoms with Crippen LogP contribution in [0.5, 0.6) is 11.5 Å². The Morgan fingerprint density at radius 2 is 2.11 bits per heavy atom. The highest BCUT2D eigenvalue weighted by Gasteiger charge is 2.28. The molecule has 1 amide bonds. The highest BCUT2D eigenvalue weighted by Crippen LogP contribution is 2.34. The van der Waals surface area contributed by atoms with E-state index in [0.29, 0.717) is 38.6 Å². The summed E-state index contributed by atoms with van der Waals surface area (Å²) < 4.78 is 11.0. The Hall–Kier alpha value is -1.95. The lowest BCUT2D eigenvalue weighted by molar-refractivity contribution is 0.112. The maximum Gasteiger partial charge on any atom is 0.407 e. The summed E-state index contributed by atoms with van der Waals surface area (Å²) in [5.41, 5.74) is 0.929. The molecule has 1 fully saturated rings. The van der Waals surface area contributed by atoms with Crippen LogP contribution < -0.4 is 14.8 Å². The highest BCUT2D eigenvalue weighted by atomic mass is 16.6. The molecule has 1 aromatic carbocycles. The number of hydrogen-bond acceptors (Lipinski definition) is 4. The Bertz CT molecular complexity index is 492. The molecule has 1 saturated heterocycles. The summed E-state index contributed by atoms with van der Waals surface area (Å²) in [6.45, 7) is 2.88. The molecule has 1 aromatic rings. The Kier molecular flexibility index (Phi) is 3.16. The van der Waals surface area contributed by atoms with Crippen LogP contribution in [0.15, 0.2) is 18.2 Å². The molecule has 2 aliphatic rings. The van der Waals surface area contributed by atoms with Gasteiger partial charge in [0.15, 0.2) is 11.5 Å². The van der Waals surface area contributed by atoms with Gasteiger partial charge in [-0.3, -0.25) is 4.90 Å². The third-order valence-corrected chi connectivity index (χ3v) is 3.44. The number of nitrogens with one attached hydrogen (secondary N) is 1. The average molecular weight is 264 g/mol. The molecule has 6 nitrogen and oxygen atoms in total. The summed E-state index contributed by atoms with van der Waals surface area (Å²) in [4.78, 5) is 12.7. The molecule has 0 bridgehead atoms. The molecule has 0 radical (unpaired) electrons. The zero-order chi connectivity index (χ0) is 13.2. The van der Waals surface area contributed by atoms with Gasteiger partial charge in [-0.05, 0) is 17.7 Å². The topological polar surface area (TPSA) is 71.0 Å². The fourth-order valence-corrected chi connectivity index (χ4v) is 2.50. The van der Waals surface area contributed by atoms with Gasteiger partial charge < -0.3 is 19.9 Å². The van der Waals surface area contributed by atoms with E-state index in [2.05, 4.69) is 5.32 Å². The van der Waals surface area contributed by atoms with Crippen LogP contribution in [0, 0.1) is 0 Å². The van der Waals surface area contributed by atoms with Gasteiger partial charge in [0, 0.05) is 19.6 Å². The summed E-state index contributed by atoms with van der Waals surface area (Å²) in [6, 6.07) is 5.45. The molecule has 2 aliphatic heterocycles. The van der Waals surface area contributed by atoms with Crippen molar-refractivity contribution in [3.63, 3.8) is 0 Å². The normalized spacial score (nSPS) is 22.1. The first-order valence-corrected chi connectivity index (χ1v) is 6.35. The maximum atomic E-state index is 11.3. The first-order valence-electron chi connectivity index (χ1n) is 6.35. The number of piperazine rings is 1. The third-order valence-electron chi connectivity index (χ3n) is 3.44. The van der Waals surface area contributed by atoms with Crippen molar-refractivity contribution in [2.24, 2.45) is 0 Å². The van der Waals surface area contributed by atoms with Crippen LogP contribution in [-0.2, 0) is 0 Å². The highest BCUT2D eigenvalue weighted by molar-refractivity contribution is 5.66. The molecular weight excluding hydrogens is 248 g/mol. The molecule has 3 rings (SSSR count). The predicted octanol–water partition coefficient (Wildman–Crippen LogP) is 1.08. The van der Waals surface area contributed by atoms with Gasteiger partial charge >= 0.3 is 6.09 Å². The molecule has 1 unspecified atom stereocenters. The van der Waals surface area contributed by atoms with Crippen LogP contribution in [0.2, 0.25) is 0 Å². The molecule has 0 saturated carbocycles. The van der Waals surface area contributed by atoms with E-state index in [1.807, 2.05) is 18.2 Å². The Morgan fingerprint density at radius 3 is 2.89 bits per heavy atom. The van der Waals surface area contributed by atoms with E-state index in [1.54, 1.807) is 0 Å². The zero-order valence-corrected chi connectivity index (χ0v) is 10.5. The van der Waals surface area contributed by atoms with Crippen molar-refractivity contribution in [2.45, 2.75) is 6.04 Å². The average Bonchev–Trinajstić information content (AvgIpc) is 2.46. The Labute approximate surface area is 110 Å². The summed E-state index contributed by atoms with van der Waals surface area (Å²) in [5.74, 6) is 1.42. The third kappa shape index (κ3) is 2.31. The first-order chi connectivity index (χ1) is 9.25. The molecule has 0 aliphatic carbocycles. The smallest absolute Gasteiger partial charge is 0.407 e. The quantitative estimate of drug-likeness (QED) is 0.794. The van der Waals surface area contributed by atoms with E-state index in [-0.39, 0.29) is 6.04 Å². The summed E-state index contributed by atoms with van der Waals surface area (Å²) >= 11 is 0. The lowest BCUT2D eigenvalue weighted by Gasteiger charge is -2.34. The van der Waals surface area contributed by atoms with Crippen molar-refractivity contribution in [3.05, 3.63) is 23.8 Å². The van der Waals surface area contributed by atoms with Gasteiger partial charge in [0.2, 0.25) is 0 Å². The minimum absolute atomic E-state index is 0.179. The van der Waals surface area contributed by atoms with E-state index < -0.39 is 6.09 Å². The van der Waals surface area contributed by atoms with Crippen molar-refractivity contribution in [3.8, 4) is 11.5 Å². The minimum atomic E-state index is -0.888. The van der Waals surface area contributed by atoms with Crippen LogP contribution in [0.25, 0.3) is 0 Å². The van der Waals surface area contributed by atoms with Crippen molar-refractivity contribution in [1.29, 1.82) is 0 Å². The number of carbonyl (C=O) groups is 1. The monoisotopic (exact) mass is 264 g/mol. The maximum absolute atomic E-state index is 11.3. The predicted molar refractivity (Wildman–Crippen MR) is 67.8 cm³/mol. The Morgan fingerprint density at radius 1 is 1.32 bits per heavy atom. The molecule has 2 N–H and O–H groups in total. The number of nitrogens with zero attached hydrogens (tertiary/aromatic N) is 1. The summed E-state index contributed by atoms with van der Waals surface area (Å²) in [6.07, 6.45) is -0.888. The van der Waals surface area contributed by atoms with Gasteiger partial charge in [-0.15, -0.1) is 0 Å². The fourth-order valence-electron chi connectivity index (χ4n) is 2.50. The number of hydrogen-bond donors (Lipinski definition) is 2. The van der Waals surface area contributed by atoms with Gasteiger partial charge in [-0.1, -0.05) is 6.07 Å². The van der Waals surface area contributed by atoms with Crippen molar-refractivity contribution >= 4 is 6.09 Å². The van der Waals surface area contributed by atoms with E-state index in [0.717, 1.165) is 11.3 Å². The number of benzene rings is 1. The molecule has 102 valence electrons. The van der Waals surface area contributed by atoms with Gasteiger partial charge in [0.05, 0.1) is 6.04 Å². The van der Waals surface area contributed by atoms with Crippen molar-refractivity contribution in [2.75, 3.05) is 32.8 Å². The number of rotatable bonds is 1. The lowest BCUT2D eigenvalue weighted by atomic mass is 10.0. The second kappa shape index (κ2) is 4.97. The first kappa shape index (κ1) is 12.1. The minimum Gasteiger partial charge on any atom is -0.486 e. The SMILES string of the molecule is O=C(O)N1CCNCC1c1ccc2c(c1)OCCO2. The molecule has 2 heterocycles. The summed E-state index contributed by atoms with van der Waals surface area (Å²) in [5, 5.41) is 12.5. The fraction of sp³-hybridized carbons (Fsp3) is 0.462. The van der Waals surface area contributed by atoms with E-state index in [1.165, 1.54) is 4.90 Å². The zero-order valence-electron chi connectivity index (χ0n) is 10.5. The van der Waals surface area contributed by atoms with Crippen molar-refractivity contribution in [1.82, 2.24) is 10.2 Å². The number of amides is 1. The Balaban J connectivity index is 1.89. The van der Waals surface area contributed by atoms with Crippen LogP contribution in [0.1, 0.15) is 11.6 Å². The molecule has 19 heavy (non-hydrogen) atoms. The van der Waals surface area contributed by atoms with Crippen LogP contribution in [0.4, 0.5) is 4.79 Å². The standard InChI is InChI=1S/C13H16N2O4/c16-13(17)15-4-3-14-8-10(15)9-1-2-11-12(7-9)19-6-5-18-11/h1-2,7,10,14H,3-6,8H2,(H,16,17). The number of ether oxygens (including phenoxy) is 2. The molecule has 0 aromatic heterocycles. The summed E-state index contributed by atoms with van der Waals surface area (Å²) in [7, 11) is 0. The van der Waals surface area contributed by atoms with Crippen LogP contribution in [-0.4, -0.2) is 48.9 Å². The number of carboxylic acid groups (broad SMARTS) is 1. The van der Waals surface area contributed by atoms with Gasteiger partial charge in [0.25, 0.3) is 0 Å². The van der Waals surface area contributed by atoms with E-state index in [9.17, 15) is 9.90 Å². The van der Waals surface area contributed by atoms with Gasteiger partial charge in [-0.25, -0.2) is 4.79 Å². The lowest BCUT2D eigenvalue weighted by Crippen LogP contribution is -2.48. The largest absolute Gasteiger partial charge is 0.486 e. The van der Waals surface area contributed by atoms with E-state index in [4.69, 9.17) is 9.47 Å². The van der Waals surface area contributed by atoms with Gasteiger partial charge in [-0.2, -0.15) is 0 Å². The molecule has 0 spiro atoms. The molecular formula is C13H16N2O4. The van der Waals surface area contributed by atoms with Crippen LogP contribution in [0.3, 0.4) is 0 Å². The molecule has 6 heteroatoms. The van der Waals surface area contributed by atoms with Crippen molar-refractivity contribution < 1.29 is 19.4 Å². The second-order valence-corrected chi connectivity index (χ2v) is 4.60. The van der Waals surface area contributed by atoms with Crippen LogP contribution >= 0.6 is 0 Å². The molecule has 1 atom stereocenters. The second-order valence-electron chi connectivity index (χ2n) is 4.60.